The number of carboxylic acid groups (broad SMARTS) is 1. The second kappa shape index (κ2) is 8.09. The Labute approximate surface area is 138 Å². The van der Waals surface area contributed by atoms with Gasteiger partial charge in [-0.15, -0.1) is 0 Å². The van der Waals surface area contributed by atoms with E-state index in [4.69, 9.17) is 10.5 Å². The number of rotatable bonds is 6. The third-order valence-electron chi connectivity index (χ3n) is 3.53. The van der Waals surface area contributed by atoms with E-state index in [0.29, 0.717) is 0 Å². The number of hydrogen-bond acceptors (Lipinski definition) is 4. The molecule has 0 spiro atoms. The van der Waals surface area contributed by atoms with E-state index in [2.05, 4.69) is 27.9 Å². The molecule has 1 aliphatic carbocycles. The summed E-state index contributed by atoms with van der Waals surface area (Å²) in [6.45, 7) is 5.46. The zero-order valence-electron chi connectivity index (χ0n) is 12.5. The van der Waals surface area contributed by atoms with E-state index >= 15 is 0 Å². The third kappa shape index (κ3) is 5.23. The van der Waals surface area contributed by atoms with Gasteiger partial charge in [0, 0.05) is 22.5 Å². The quantitative estimate of drug-likeness (QED) is 0.452. The van der Waals surface area contributed by atoms with Gasteiger partial charge < -0.3 is 20.9 Å². The lowest BCUT2D eigenvalue weighted by molar-refractivity contribution is -0.133. The normalized spacial score (nSPS) is 28.4. The maximum atomic E-state index is 11.3. The number of carbonyl (C=O) groups is 2. The highest BCUT2D eigenvalue weighted by atomic mass is 127. The van der Waals surface area contributed by atoms with Crippen molar-refractivity contribution in [3.8, 4) is 0 Å². The minimum absolute atomic E-state index is 0.0246. The van der Waals surface area contributed by atoms with Crippen molar-refractivity contribution in [1.29, 1.82) is 0 Å². The molecule has 0 heterocycles. The van der Waals surface area contributed by atoms with Crippen LogP contribution < -0.4 is 11.1 Å². The lowest BCUT2D eigenvalue weighted by Crippen LogP contribution is -2.57. The van der Waals surface area contributed by atoms with E-state index in [1.165, 1.54) is 6.92 Å². The van der Waals surface area contributed by atoms with E-state index in [1.807, 2.05) is 13.8 Å². The molecule has 120 valence electrons. The summed E-state index contributed by atoms with van der Waals surface area (Å²) in [5.74, 6) is -1.19. The molecule has 0 aromatic carbocycles. The number of amides is 1. The topological polar surface area (TPSA) is 102 Å². The molecule has 6 nitrogen and oxygen atoms in total. The maximum Gasteiger partial charge on any atom is 0.331 e. The second-order valence-electron chi connectivity index (χ2n) is 5.32. The Morgan fingerprint density at radius 3 is 2.67 bits per heavy atom. The van der Waals surface area contributed by atoms with Crippen LogP contribution in [0.3, 0.4) is 0 Å². The molecule has 5 atom stereocenters. The average Bonchev–Trinajstić information content (AvgIpc) is 2.37. The highest BCUT2D eigenvalue weighted by Gasteiger charge is 2.36. The first kappa shape index (κ1) is 18.4. The van der Waals surface area contributed by atoms with Crippen LogP contribution in [0.2, 0.25) is 0 Å². The van der Waals surface area contributed by atoms with E-state index in [-0.39, 0.29) is 27.9 Å². The molecule has 0 saturated heterocycles. The van der Waals surface area contributed by atoms with E-state index in [0.717, 1.165) is 6.42 Å². The Kier molecular flexibility index (Phi) is 7.08. The number of carboxylic acids is 1. The van der Waals surface area contributed by atoms with Gasteiger partial charge in [-0.05, 0) is 18.9 Å². The predicted octanol–water partition coefficient (Wildman–Crippen LogP) is 1.22. The van der Waals surface area contributed by atoms with Gasteiger partial charge in [0.2, 0.25) is 5.91 Å². The molecule has 0 fully saturated rings. The van der Waals surface area contributed by atoms with Crippen LogP contribution in [0.1, 0.15) is 33.6 Å². The number of alkyl halides is 1. The fraction of sp³-hybridized carbons (Fsp3) is 0.714. The summed E-state index contributed by atoms with van der Waals surface area (Å²) < 4.78 is 6.29. The van der Waals surface area contributed by atoms with Gasteiger partial charge in [0.05, 0.1) is 18.2 Å². The van der Waals surface area contributed by atoms with Crippen LogP contribution in [-0.4, -0.2) is 45.2 Å². The van der Waals surface area contributed by atoms with Gasteiger partial charge in [-0.2, -0.15) is 0 Å². The minimum atomic E-state index is -0.990. The van der Waals surface area contributed by atoms with Crippen LogP contribution >= 0.6 is 22.6 Å². The molecule has 0 saturated carbocycles. The maximum absolute atomic E-state index is 11.3. The molecule has 21 heavy (non-hydrogen) atoms. The zero-order chi connectivity index (χ0) is 16.2. The molecule has 0 aromatic rings. The lowest BCUT2D eigenvalue weighted by atomic mass is 9.88. The van der Waals surface area contributed by atoms with Crippen molar-refractivity contribution in [2.45, 2.75) is 61.8 Å². The van der Waals surface area contributed by atoms with Crippen LogP contribution in [0.15, 0.2) is 11.6 Å². The fourth-order valence-corrected chi connectivity index (χ4v) is 3.11. The molecule has 1 rings (SSSR count). The van der Waals surface area contributed by atoms with Crippen molar-refractivity contribution in [1.82, 2.24) is 5.32 Å². The van der Waals surface area contributed by atoms with Gasteiger partial charge in [0.25, 0.3) is 0 Å². The molecule has 0 aliphatic heterocycles. The third-order valence-corrected chi connectivity index (χ3v) is 4.33. The Bertz CT molecular complexity index is 425. The number of hydrogen-bond donors (Lipinski definition) is 3. The molecule has 0 aromatic heterocycles. The number of nitrogens with one attached hydrogen (secondary N) is 1. The van der Waals surface area contributed by atoms with Gasteiger partial charge in [0.1, 0.15) is 0 Å². The molecular weight excluding hydrogens is 387 g/mol. The zero-order valence-corrected chi connectivity index (χ0v) is 14.7. The number of nitrogens with two attached hydrogens (primary N) is 1. The molecular formula is C14H23IN2O4. The number of halogens is 1. The standard InChI is InChI=1S/C14H23IN2O4/c1-4-11(7(2)15)21-12-6-9(14(19)20)5-10(16)13(12)17-8(3)18/h6-7,10-13H,4-5,16H2,1-3H3,(H,17,18)(H,19,20)/t7?,10-,11?,12+,13+/m0/s1. The molecule has 1 aliphatic rings. The van der Waals surface area contributed by atoms with E-state index in [1.54, 1.807) is 6.08 Å². The van der Waals surface area contributed by atoms with E-state index in [9.17, 15) is 14.7 Å². The summed E-state index contributed by atoms with van der Waals surface area (Å²) in [5.41, 5.74) is 6.28. The Balaban J connectivity index is 3.00. The van der Waals surface area contributed by atoms with Crippen molar-refractivity contribution in [2.24, 2.45) is 5.73 Å². The van der Waals surface area contributed by atoms with Crippen LogP contribution in [0.4, 0.5) is 0 Å². The monoisotopic (exact) mass is 410 g/mol. The lowest BCUT2D eigenvalue weighted by Gasteiger charge is -2.37. The van der Waals surface area contributed by atoms with Crippen molar-refractivity contribution >= 4 is 34.5 Å². The van der Waals surface area contributed by atoms with Crippen LogP contribution in [-0.2, 0) is 14.3 Å². The Morgan fingerprint density at radius 1 is 1.62 bits per heavy atom. The summed E-state index contributed by atoms with van der Waals surface area (Å²) in [5, 5.41) is 12.0. The van der Waals surface area contributed by atoms with Gasteiger partial charge in [0.15, 0.2) is 0 Å². The summed E-state index contributed by atoms with van der Waals surface area (Å²) in [6, 6.07) is -0.883. The summed E-state index contributed by atoms with van der Waals surface area (Å²) in [4.78, 5) is 22.5. The van der Waals surface area contributed by atoms with Crippen molar-refractivity contribution < 1.29 is 19.4 Å². The van der Waals surface area contributed by atoms with Crippen LogP contribution in [0, 0.1) is 0 Å². The van der Waals surface area contributed by atoms with Gasteiger partial charge in [-0.3, -0.25) is 4.79 Å². The largest absolute Gasteiger partial charge is 0.478 e. The molecule has 4 N–H and O–H groups in total. The van der Waals surface area contributed by atoms with Gasteiger partial charge >= 0.3 is 5.97 Å². The van der Waals surface area contributed by atoms with Crippen LogP contribution in [0.25, 0.3) is 0 Å². The van der Waals surface area contributed by atoms with Gasteiger partial charge in [-0.25, -0.2) is 4.79 Å². The fourth-order valence-electron chi connectivity index (χ4n) is 2.43. The highest BCUT2D eigenvalue weighted by Crippen LogP contribution is 2.24. The first-order valence-electron chi connectivity index (χ1n) is 7.02. The average molecular weight is 410 g/mol. The molecule has 0 radical (unpaired) electrons. The molecule has 7 heteroatoms. The summed E-state index contributed by atoms with van der Waals surface area (Å²) in [6.07, 6.45) is 2.05. The molecule has 1 amide bonds. The first-order chi connectivity index (χ1) is 9.76. The van der Waals surface area contributed by atoms with Crippen LogP contribution in [0.5, 0.6) is 0 Å². The predicted molar refractivity (Wildman–Crippen MR) is 88.3 cm³/mol. The first-order valence-corrected chi connectivity index (χ1v) is 8.27. The number of ether oxygens (including phenoxy) is 1. The van der Waals surface area contributed by atoms with E-state index < -0.39 is 24.2 Å². The number of carbonyl (C=O) groups excluding carboxylic acids is 1. The van der Waals surface area contributed by atoms with Gasteiger partial charge in [-0.1, -0.05) is 36.4 Å². The Morgan fingerprint density at radius 2 is 2.24 bits per heavy atom. The van der Waals surface area contributed by atoms with Crippen molar-refractivity contribution in [3.63, 3.8) is 0 Å². The smallest absolute Gasteiger partial charge is 0.331 e. The molecule has 2 unspecified atom stereocenters. The Hall–Kier alpha value is -0.670. The second-order valence-corrected chi connectivity index (χ2v) is 7.28. The highest BCUT2D eigenvalue weighted by molar-refractivity contribution is 14.1. The summed E-state index contributed by atoms with van der Waals surface area (Å²) >= 11 is 2.28. The van der Waals surface area contributed by atoms with Crippen molar-refractivity contribution in [3.05, 3.63) is 11.6 Å². The number of aliphatic carboxylic acids is 1. The van der Waals surface area contributed by atoms with Crippen molar-refractivity contribution in [2.75, 3.05) is 0 Å². The SMILES string of the molecule is CCC(O[C@@H]1C=C(C(=O)O)C[C@H](N)[C@H]1NC(C)=O)C(C)I. The minimum Gasteiger partial charge on any atom is -0.478 e. The summed E-state index contributed by atoms with van der Waals surface area (Å²) in [7, 11) is 0. The molecule has 0 bridgehead atoms.